The first kappa shape index (κ1) is 19.5. The van der Waals surface area contributed by atoms with Crippen molar-refractivity contribution in [2.24, 2.45) is 0 Å². The minimum absolute atomic E-state index is 0.110. The van der Waals surface area contributed by atoms with Crippen LogP contribution in [0.1, 0.15) is 24.8 Å². The van der Waals surface area contributed by atoms with Crippen LogP contribution in [0.4, 0.5) is 8.78 Å². The Morgan fingerprint density at radius 3 is 2.77 bits per heavy atom. The van der Waals surface area contributed by atoms with Crippen molar-refractivity contribution in [3.63, 3.8) is 0 Å². The van der Waals surface area contributed by atoms with Crippen molar-refractivity contribution < 1.29 is 23.0 Å². The number of alkyl halides is 2. The molecular weight excluding hydrogens is 410 g/mol. The van der Waals surface area contributed by atoms with E-state index in [1.807, 2.05) is 4.90 Å². The SMILES string of the molecule is O=C(C1CCCCN1Cc1cc(Br)ccc1OC(F)F)N1CCOCC1. The lowest BCUT2D eigenvalue weighted by molar-refractivity contribution is -0.142. The highest BCUT2D eigenvalue weighted by Gasteiger charge is 2.33. The lowest BCUT2D eigenvalue weighted by Crippen LogP contribution is -2.53. The topological polar surface area (TPSA) is 42.0 Å². The molecule has 2 aliphatic rings. The van der Waals surface area contributed by atoms with Crippen molar-refractivity contribution in [2.45, 2.75) is 38.5 Å². The predicted molar refractivity (Wildman–Crippen MR) is 96.2 cm³/mol. The van der Waals surface area contributed by atoms with Gasteiger partial charge in [-0.3, -0.25) is 9.69 Å². The summed E-state index contributed by atoms with van der Waals surface area (Å²) < 4.78 is 36.2. The molecule has 5 nitrogen and oxygen atoms in total. The van der Waals surface area contributed by atoms with Gasteiger partial charge < -0.3 is 14.4 Å². The Balaban J connectivity index is 1.76. The standard InChI is InChI=1S/C18H23BrF2N2O3/c19-14-4-5-16(26-18(20)21)13(11-14)12-23-6-2-1-3-15(23)17(24)22-7-9-25-10-8-22/h4-5,11,15,18H,1-3,6-10,12H2. The quantitative estimate of drug-likeness (QED) is 0.715. The molecular formula is C18H23BrF2N2O3. The highest BCUT2D eigenvalue weighted by atomic mass is 79.9. The number of nitrogens with zero attached hydrogens (tertiary/aromatic N) is 2. The third kappa shape index (κ3) is 4.92. The molecule has 0 spiro atoms. The molecule has 2 heterocycles. The van der Waals surface area contributed by atoms with Crippen LogP contribution >= 0.6 is 15.9 Å². The number of benzene rings is 1. The lowest BCUT2D eigenvalue weighted by atomic mass is 9.99. The molecule has 1 aromatic carbocycles. The highest BCUT2D eigenvalue weighted by molar-refractivity contribution is 9.10. The van der Waals surface area contributed by atoms with E-state index in [0.29, 0.717) is 38.4 Å². The number of halogens is 3. The minimum atomic E-state index is -2.87. The van der Waals surface area contributed by atoms with Gasteiger partial charge in [-0.25, -0.2) is 0 Å². The molecule has 2 fully saturated rings. The number of carbonyl (C=O) groups is 1. The van der Waals surface area contributed by atoms with Crippen LogP contribution in [-0.4, -0.2) is 61.2 Å². The number of likely N-dealkylation sites (tertiary alicyclic amines) is 1. The molecule has 0 N–H and O–H groups in total. The predicted octanol–water partition coefficient (Wildman–Crippen LogP) is 3.26. The monoisotopic (exact) mass is 432 g/mol. The van der Waals surface area contributed by atoms with Gasteiger partial charge in [0.2, 0.25) is 5.91 Å². The van der Waals surface area contributed by atoms with E-state index in [9.17, 15) is 13.6 Å². The number of morpholine rings is 1. The van der Waals surface area contributed by atoms with Gasteiger partial charge in [0.1, 0.15) is 5.75 Å². The van der Waals surface area contributed by atoms with E-state index in [2.05, 4.69) is 25.6 Å². The maximum Gasteiger partial charge on any atom is 0.387 e. The second-order valence-electron chi connectivity index (χ2n) is 6.55. The molecule has 0 aliphatic carbocycles. The van der Waals surface area contributed by atoms with E-state index in [1.165, 1.54) is 6.07 Å². The van der Waals surface area contributed by atoms with Crippen LogP contribution in [0.5, 0.6) is 5.75 Å². The van der Waals surface area contributed by atoms with Crippen molar-refractivity contribution in [3.05, 3.63) is 28.2 Å². The Morgan fingerprint density at radius 2 is 2.04 bits per heavy atom. The molecule has 26 heavy (non-hydrogen) atoms. The fraction of sp³-hybridized carbons (Fsp3) is 0.611. The van der Waals surface area contributed by atoms with Crippen LogP contribution < -0.4 is 4.74 Å². The summed E-state index contributed by atoms with van der Waals surface area (Å²) in [5.41, 5.74) is 0.654. The van der Waals surface area contributed by atoms with Crippen molar-refractivity contribution >= 4 is 21.8 Å². The summed E-state index contributed by atoms with van der Waals surface area (Å²) in [6.45, 7) is 0.651. The van der Waals surface area contributed by atoms with E-state index < -0.39 is 6.61 Å². The van der Waals surface area contributed by atoms with Gasteiger partial charge in [-0.2, -0.15) is 8.78 Å². The highest BCUT2D eigenvalue weighted by Crippen LogP contribution is 2.29. The van der Waals surface area contributed by atoms with Crippen LogP contribution in [0.3, 0.4) is 0 Å². The molecule has 1 atom stereocenters. The molecule has 3 rings (SSSR count). The molecule has 2 aliphatic heterocycles. The van der Waals surface area contributed by atoms with Crippen LogP contribution in [0, 0.1) is 0 Å². The number of piperidine rings is 1. The van der Waals surface area contributed by atoms with E-state index >= 15 is 0 Å². The van der Waals surface area contributed by atoms with Gasteiger partial charge in [-0.05, 0) is 37.6 Å². The Bertz CT molecular complexity index is 626. The summed E-state index contributed by atoms with van der Waals surface area (Å²) >= 11 is 3.38. The van der Waals surface area contributed by atoms with Crippen LogP contribution in [0.25, 0.3) is 0 Å². The van der Waals surface area contributed by atoms with Gasteiger partial charge in [-0.15, -0.1) is 0 Å². The van der Waals surface area contributed by atoms with E-state index in [1.54, 1.807) is 12.1 Å². The second-order valence-corrected chi connectivity index (χ2v) is 7.47. The third-order valence-corrected chi connectivity index (χ3v) is 5.33. The molecule has 8 heteroatoms. The average Bonchev–Trinajstić information content (AvgIpc) is 2.64. The summed E-state index contributed by atoms with van der Waals surface area (Å²) in [6, 6.07) is 4.77. The van der Waals surface area contributed by atoms with Crippen LogP contribution in [-0.2, 0) is 16.1 Å². The van der Waals surface area contributed by atoms with Gasteiger partial charge in [0, 0.05) is 29.7 Å². The van der Waals surface area contributed by atoms with Gasteiger partial charge >= 0.3 is 6.61 Å². The Morgan fingerprint density at radius 1 is 1.27 bits per heavy atom. The molecule has 0 saturated carbocycles. The second kappa shape index (κ2) is 9.10. The smallest absolute Gasteiger partial charge is 0.387 e. The number of hydrogen-bond acceptors (Lipinski definition) is 4. The van der Waals surface area contributed by atoms with Gasteiger partial charge in [-0.1, -0.05) is 22.4 Å². The van der Waals surface area contributed by atoms with Crippen molar-refractivity contribution in [1.29, 1.82) is 0 Å². The van der Waals surface area contributed by atoms with Crippen molar-refractivity contribution in [2.75, 3.05) is 32.8 Å². The summed E-state index contributed by atoms with van der Waals surface area (Å²) in [4.78, 5) is 16.9. The molecule has 2 saturated heterocycles. The first-order chi connectivity index (χ1) is 12.5. The zero-order chi connectivity index (χ0) is 18.5. The molecule has 1 unspecified atom stereocenters. The number of amides is 1. The Labute approximate surface area is 160 Å². The van der Waals surface area contributed by atoms with Crippen LogP contribution in [0.2, 0.25) is 0 Å². The summed E-state index contributed by atoms with van der Waals surface area (Å²) in [5.74, 6) is 0.269. The summed E-state index contributed by atoms with van der Waals surface area (Å²) in [7, 11) is 0. The van der Waals surface area contributed by atoms with E-state index in [-0.39, 0.29) is 17.7 Å². The third-order valence-electron chi connectivity index (χ3n) is 4.83. The summed E-state index contributed by atoms with van der Waals surface area (Å²) in [5, 5.41) is 0. The fourth-order valence-corrected chi connectivity index (χ4v) is 3.96. The molecule has 1 amide bonds. The molecule has 0 bridgehead atoms. The first-order valence-electron chi connectivity index (χ1n) is 8.88. The maximum atomic E-state index is 13.0. The fourth-order valence-electron chi connectivity index (χ4n) is 3.56. The van der Waals surface area contributed by atoms with Crippen molar-refractivity contribution in [1.82, 2.24) is 9.80 Å². The molecule has 144 valence electrons. The first-order valence-corrected chi connectivity index (χ1v) is 9.67. The number of carbonyl (C=O) groups excluding carboxylic acids is 1. The number of ether oxygens (including phenoxy) is 2. The molecule has 0 radical (unpaired) electrons. The van der Waals surface area contributed by atoms with Crippen LogP contribution in [0.15, 0.2) is 22.7 Å². The van der Waals surface area contributed by atoms with E-state index in [0.717, 1.165) is 30.3 Å². The normalized spacial score (nSPS) is 21.8. The maximum absolute atomic E-state index is 13.0. The minimum Gasteiger partial charge on any atom is -0.434 e. The zero-order valence-electron chi connectivity index (χ0n) is 14.5. The summed E-state index contributed by atoms with van der Waals surface area (Å²) in [6.07, 6.45) is 2.78. The zero-order valence-corrected chi connectivity index (χ0v) is 16.1. The lowest BCUT2D eigenvalue weighted by Gasteiger charge is -2.39. The van der Waals surface area contributed by atoms with Crippen molar-refractivity contribution in [3.8, 4) is 5.75 Å². The molecule has 0 aromatic heterocycles. The Kier molecular flexibility index (Phi) is 6.83. The van der Waals surface area contributed by atoms with Gasteiger partial charge in [0.25, 0.3) is 0 Å². The number of rotatable bonds is 5. The van der Waals surface area contributed by atoms with Gasteiger partial charge in [0.05, 0.1) is 19.3 Å². The van der Waals surface area contributed by atoms with E-state index in [4.69, 9.17) is 4.74 Å². The molecule has 1 aromatic rings. The Hall–Kier alpha value is -1.25. The average molecular weight is 433 g/mol. The number of hydrogen-bond donors (Lipinski definition) is 0. The van der Waals surface area contributed by atoms with Gasteiger partial charge in [0.15, 0.2) is 0 Å². The largest absolute Gasteiger partial charge is 0.434 e.